The number of allylic oxidation sites excluding steroid dienone is 1. The molecule has 0 aliphatic rings. The molecule has 0 bridgehead atoms. The van der Waals surface area contributed by atoms with Crippen molar-refractivity contribution in [3.05, 3.63) is 12.2 Å². The zero-order chi connectivity index (χ0) is 9.78. The maximum atomic E-state index is 11.0. The fraction of sp³-hybridized carbons (Fsp3) is 0.625. The first-order chi connectivity index (χ1) is 5.35. The van der Waals surface area contributed by atoms with Crippen molar-refractivity contribution in [2.45, 2.75) is 19.8 Å². The number of carbonyl (C=O) groups excluding carboxylic acids is 1. The van der Waals surface area contributed by atoms with E-state index in [1.807, 2.05) is 6.92 Å². The Morgan fingerprint density at radius 2 is 1.92 bits per heavy atom. The van der Waals surface area contributed by atoms with E-state index in [-0.39, 0.29) is 18.0 Å². The van der Waals surface area contributed by atoms with Crippen LogP contribution in [-0.4, -0.2) is 26.2 Å². The fourth-order valence-corrected chi connectivity index (χ4v) is 1.43. The van der Waals surface area contributed by atoms with Crippen molar-refractivity contribution in [2.75, 3.05) is 12.0 Å². The maximum absolute atomic E-state index is 11.0. The van der Waals surface area contributed by atoms with Gasteiger partial charge in [-0.15, -0.1) is 0 Å². The average Bonchev–Trinajstić information content (AvgIpc) is 1.82. The summed E-state index contributed by atoms with van der Waals surface area (Å²) in [5.41, 5.74) is 0.781. The normalized spacial score (nSPS) is 11.2. The van der Waals surface area contributed by atoms with Gasteiger partial charge in [-0.25, -0.2) is 8.42 Å². The van der Waals surface area contributed by atoms with Crippen LogP contribution in [0.5, 0.6) is 0 Å². The van der Waals surface area contributed by atoms with E-state index in [1.165, 1.54) is 0 Å². The first-order valence-electron chi connectivity index (χ1n) is 3.71. The smallest absolute Gasteiger partial charge is 0.154 e. The van der Waals surface area contributed by atoms with E-state index in [9.17, 15) is 13.2 Å². The monoisotopic (exact) mass is 190 g/mol. The average molecular weight is 190 g/mol. The Bertz CT molecular complexity index is 275. The van der Waals surface area contributed by atoms with Crippen molar-refractivity contribution in [1.82, 2.24) is 0 Å². The second-order valence-electron chi connectivity index (χ2n) is 2.89. The Labute approximate surface area is 73.4 Å². The molecule has 0 atom stereocenters. The molecule has 0 saturated carbocycles. The highest BCUT2D eigenvalue weighted by atomic mass is 32.2. The van der Waals surface area contributed by atoms with Gasteiger partial charge in [0.05, 0.1) is 0 Å². The van der Waals surface area contributed by atoms with E-state index in [0.29, 0.717) is 0 Å². The summed E-state index contributed by atoms with van der Waals surface area (Å²) in [5, 5.41) is 0. The summed E-state index contributed by atoms with van der Waals surface area (Å²) in [7, 11) is -3.17. The van der Waals surface area contributed by atoms with Gasteiger partial charge in [0, 0.05) is 12.7 Å². The van der Waals surface area contributed by atoms with E-state index in [1.54, 1.807) is 0 Å². The molecule has 0 aliphatic heterocycles. The second-order valence-corrected chi connectivity index (χ2v) is 5.03. The van der Waals surface area contributed by atoms with Crippen molar-refractivity contribution >= 4 is 15.6 Å². The zero-order valence-corrected chi connectivity index (χ0v) is 8.28. The molecule has 3 nitrogen and oxygen atoms in total. The van der Waals surface area contributed by atoms with E-state index in [4.69, 9.17) is 0 Å². The SMILES string of the molecule is C=C(CC)CC(=O)CS(C)(=O)=O. The van der Waals surface area contributed by atoms with E-state index < -0.39 is 9.84 Å². The van der Waals surface area contributed by atoms with Crippen LogP contribution in [0.4, 0.5) is 0 Å². The van der Waals surface area contributed by atoms with Crippen LogP contribution in [0.1, 0.15) is 19.8 Å². The number of hydrogen-bond donors (Lipinski definition) is 0. The summed E-state index contributed by atoms with van der Waals surface area (Å²) in [4.78, 5) is 11.0. The minimum absolute atomic E-state index is 0.184. The third-order valence-electron chi connectivity index (χ3n) is 1.37. The molecule has 12 heavy (non-hydrogen) atoms. The lowest BCUT2D eigenvalue weighted by atomic mass is 10.1. The number of rotatable bonds is 5. The molecule has 0 aromatic rings. The molecule has 0 radical (unpaired) electrons. The lowest BCUT2D eigenvalue weighted by molar-refractivity contribution is -0.116. The highest BCUT2D eigenvalue weighted by molar-refractivity contribution is 7.91. The lowest BCUT2D eigenvalue weighted by Crippen LogP contribution is -2.14. The van der Waals surface area contributed by atoms with Crippen LogP contribution in [0.3, 0.4) is 0 Å². The molecular formula is C8H14O3S. The van der Waals surface area contributed by atoms with Crippen LogP contribution < -0.4 is 0 Å². The van der Waals surface area contributed by atoms with Gasteiger partial charge in [0.1, 0.15) is 5.75 Å². The van der Waals surface area contributed by atoms with Gasteiger partial charge in [0.15, 0.2) is 15.6 Å². The Kier molecular flexibility index (Phi) is 4.17. The maximum Gasteiger partial charge on any atom is 0.154 e. The van der Waals surface area contributed by atoms with Crippen LogP contribution in [0.2, 0.25) is 0 Å². The summed E-state index contributed by atoms with van der Waals surface area (Å²) < 4.78 is 21.3. The Hall–Kier alpha value is -0.640. The second kappa shape index (κ2) is 4.40. The van der Waals surface area contributed by atoms with Gasteiger partial charge in [-0.1, -0.05) is 19.1 Å². The first kappa shape index (κ1) is 11.4. The van der Waals surface area contributed by atoms with Gasteiger partial charge >= 0.3 is 0 Å². The van der Waals surface area contributed by atoms with Crippen LogP contribution in [0, 0.1) is 0 Å². The summed E-state index contributed by atoms with van der Waals surface area (Å²) in [6.07, 6.45) is 1.96. The molecule has 0 N–H and O–H groups in total. The standard InChI is InChI=1S/C8H14O3S/c1-4-7(2)5-8(9)6-12(3,10)11/h2,4-6H2,1,3H3. The Morgan fingerprint density at radius 3 is 2.25 bits per heavy atom. The quantitative estimate of drug-likeness (QED) is 0.607. The molecule has 0 spiro atoms. The van der Waals surface area contributed by atoms with Crippen LogP contribution in [-0.2, 0) is 14.6 Å². The van der Waals surface area contributed by atoms with Crippen molar-refractivity contribution in [2.24, 2.45) is 0 Å². The third kappa shape index (κ3) is 6.09. The molecule has 0 saturated heterocycles. The van der Waals surface area contributed by atoms with Gasteiger partial charge in [0.25, 0.3) is 0 Å². The van der Waals surface area contributed by atoms with Crippen molar-refractivity contribution in [3.8, 4) is 0 Å². The number of ketones is 1. The lowest BCUT2D eigenvalue weighted by Gasteiger charge is -1.99. The molecule has 70 valence electrons. The third-order valence-corrected chi connectivity index (χ3v) is 2.22. The number of hydrogen-bond acceptors (Lipinski definition) is 3. The van der Waals surface area contributed by atoms with Crippen LogP contribution >= 0.6 is 0 Å². The summed E-state index contributed by atoms with van der Waals surface area (Å²) in [5.74, 6) is -0.643. The van der Waals surface area contributed by atoms with E-state index in [0.717, 1.165) is 18.2 Å². The summed E-state index contributed by atoms with van der Waals surface area (Å²) in [6.45, 7) is 5.51. The van der Waals surface area contributed by atoms with E-state index in [2.05, 4.69) is 6.58 Å². The molecular weight excluding hydrogens is 176 g/mol. The van der Waals surface area contributed by atoms with Crippen molar-refractivity contribution in [3.63, 3.8) is 0 Å². The molecule has 0 aromatic heterocycles. The van der Waals surface area contributed by atoms with Crippen molar-refractivity contribution < 1.29 is 13.2 Å². The Balaban J connectivity index is 4.00. The number of Topliss-reactive ketones (excluding diaryl/α,β-unsaturated/α-hetero) is 1. The zero-order valence-electron chi connectivity index (χ0n) is 7.46. The van der Waals surface area contributed by atoms with Crippen LogP contribution in [0.15, 0.2) is 12.2 Å². The number of carbonyl (C=O) groups is 1. The molecule has 0 heterocycles. The first-order valence-corrected chi connectivity index (χ1v) is 5.77. The van der Waals surface area contributed by atoms with Gasteiger partial charge in [-0.3, -0.25) is 4.79 Å². The minimum Gasteiger partial charge on any atom is -0.298 e. The predicted octanol–water partition coefficient (Wildman–Crippen LogP) is 0.956. The predicted molar refractivity (Wildman–Crippen MR) is 48.8 cm³/mol. The number of sulfone groups is 1. The highest BCUT2D eigenvalue weighted by Crippen LogP contribution is 2.04. The fourth-order valence-electron chi connectivity index (χ4n) is 0.747. The molecule has 0 fully saturated rings. The van der Waals surface area contributed by atoms with Crippen LogP contribution in [0.25, 0.3) is 0 Å². The summed E-state index contributed by atoms with van der Waals surface area (Å²) >= 11 is 0. The molecule has 0 unspecified atom stereocenters. The molecule has 0 aliphatic carbocycles. The highest BCUT2D eigenvalue weighted by Gasteiger charge is 2.10. The topological polar surface area (TPSA) is 51.2 Å². The minimum atomic E-state index is -3.17. The summed E-state index contributed by atoms with van der Waals surface area (Å²) in [6, 6.07) is 0. The molecule has 0 amide bonds. The van der Waals surface area contributed by atoms with Gasteiger partial charge < -0.3 is 0 Å². The molecule has 0 aromatic carbocycles. The molecule has 4 heteroatoms. The van der Waals surface area contributed by atoms with Gasteiger partial charge in [-0.05, 0) is 6.42 Å². The van der Waals surface area contributed by atoms with E-state index >= 15 is 0 Å². The van der Waals surface area contributed by atoms with Crippen molar-refractivity contribution in [1.29, 1.82) is 0 Å². The van der Waals surface area contributed by atoms with Gasteiger partial charge in [-0.2, -0.15) is 0 Å². The van der Waals surface area contributed by atoms with Gasteiger partial charge in [0.2, 0.25) is 0 Å². The Morgan fingerprint density at radius 1 is 1.42 bits per heavy atom. The largest absolute Gasteiger partial charge is 0.298 e. The molecule has 0 rings (SSSR count).